The Hall–Kier alpha value is -2.48. The maximum absolute atomic E-state index is 12.5. The minimum atomic E-state index is -0.280. The zero-order chi connectivity index (χ0) is 18.0. The SMILES string of the molecule is CC(=O)Nc1nc2ccc(CC(=O)N3CCC(C(N)=O)CC3)cc2s1. The summed E-state index contributed by atoms with van der Waals surface area (Å²) in [5, 5.41) is 3.23. The van der Waals surface area contributed by atoms with E-state index in [2.05, 4.69) is 10.3 Å². The number of nitrogens with two attached hydrogens (primary N) is 1. The number of nitrogens with zero attached hydrogens (tertiary/aromatic N) is 2. The first-order valence-corrected chi connectivity index (χ1v) is 8.98. The number of rotatable bonds is 4. The van der Waals surface area contributed by atoms with Gasteiger partial charge < -0.3 is 16.0 Å². The molecule has 1 aromatic heterocycles. The number of hydrogen-bond donors (Lipinski definition) is 2. The number of nitrogens with one attached hydrogen (secondary N) is 1. The van der Waals surface area contributed by atoms with Crippen LogP contribution in [0.1, 0.15) is 25.3 Å². The maximum Gasteiger partial charge on any atom is 0.226 e. The summed E-state index contributed by atoms with van der Waals surface area (Å²) in [6.07, 6.45) is 1.58. The predicted octanol–water partition coefficient (Wildman–Crippen LogP) is 1.52. The minimum absolute atomic E-state index is 0.0499. The molecule has 25 heavy (non-hydrogen) atoms. The van der Waals surface area contributed by atoms with Gasteiger partial charge in [-0.2, -0.15) is 0 Å². The smallest absolute Gasteiger partial charge is 0.226 e. The fraction of sp³-hybridized carbons (Fsp3) is 0.412. The van der Waals surface area contributed by atoms with Gasteiger partial charge in [0.2, 0.25) is 17.7 Å². The van der Waals surface area contributed by atoms with Crippen molar-refractivity contribution in [1.29, 1.82) is 0 Å². The van der Waals surface area contributed by atoms with Crippen molar-refractivity contribution in [2.75, 3.05) is 18.4 Å². The standard InChI is InChI=1S/C17H20N4O3S/c1-10(22)19-17-20-13-3-2-11(8-14(13)25-17)9-15(23)21-6-4-12(5-7-21)16(18)24/h2-3,8,12H,4-7,9H2,1H3,(H2,18,24)(H,19,20,22). The Labute approximate surface area is 149 Å². The Balaban J connectivity index is 1.65. The van der Waals surface area contributed by atoms with Crippen molar-refractivity contribution < 1.29 is 14.4 Å². The average molecular weight is 360 g/mol. The monoisotopic (exact) mass is 360 g/mol. The highest BCUT2D eigenvalue weighted by molar-refractivity contribution is 7.22. The van der Waals surface area contributed by atoms with Crippen LogP contribution in [0.5, 0.6) is 0 Å². The second-order valence-electron chi connectivity index (χ2n) is 6.24. The van der Waals surface area contributed by atoms with E-state index in [0.717, 1.165) is 15.8 Å². The molecule has 1 aromatic carbocycles. The molecule has 2 heterocycles. The summed E-state index contributed by atoms with van der Waals surface area (Å²) < 4.78 is 0.932. The lowest BCUT2D eigenvalue weighted by molar-refractivity contribution is -0.134. The van der Waals surface area contributed by atoms with Gasteiger partial charge in [-0.3, -0.25) is 14.4 Å². The largest absolute Gasteiger partial charge is 0.369 e. The van der Waals surface area contributed by atoms with Gasteiger partial charge in [0.25, 0.3) is 0 Å². The number of carbonyl (C=O) groups excluding carboxylic acids is 3. The Morgan fingerprint density at radius 2 is 2.04 bits per heavy atom. The number of carbonyl (C=O) groups is 3. The highest BCUT2D eigenvalue weighted by Gasteiger charge is 2.25. The van der Waals surface area contributed by atoms with Crippen molar-refractivity contribution in [2.24, 2.45) is 11.7 Å². The number of amides is 3. The highest BCUT2D eigenvalue weighted by atomic mass is 32.1. The summed E-state index contributed by atoms with van der Waals surface area (Å²) in [5.74, 6) is -0.509. The van der Waals surface area contributed by atoms with Crippen molar-refractivity contribution in [3.8, 4) is 0 Å². The molecule has 2 aromatic rings. The number of aromatic nitrogens is 1. The summed E-state index contributed by atoms with van der Waals surface area (Å²) in [6.45, 7) is 2.58. The molecule has 1 fully saturated rings. The molecule has 0 saturated carbocycles. The van der Waals surface area contributed by atoms with Crippen molar-refractivity contribution in [3.63, 3.8) is 0 Å². The first kappa shape index (κ1) is 17.3. The average Bonchev–Trinajstić information content (AvgIpc) is 2.95. The molecule has 3 N–H and O–H groups in total. The molecule has 0 spiro atoms. The third kappa shape index (κ3) is 4.14. The lowest BCUT2D eigenvalue weighted by Gasteiger charge is -2.30. The summed E-state index contributed by atoms with van der Waals surface area (Å²) in [7, 11) is 0. The van der Waals surface area contributed by atoms with Gasteiger partial charge in [-0.25, -0.2) is 4.98 Å². The van der Waals surface area contributed by atoms with Gasteiger partial charge in [-0.1, -0.05) is 17.4 Å². The lowest BCUT2D eigenvalue weighted by atomic mass is 9.96. The van der Waals surface area contributed by atoms with Crippen LogP contribution in [0, 0.1) is 5.92 Å². The quantitative estimate of drug-likeness (QED) is 0.862. The van der Waals surface area contributed by atoms with Crippen molar-refractivity contribution in [1.82, 2.24) is 9.88 Å². The molecule has 8 heteroatoms. The molecule has 3 amide bonds. The first-order chi connectivity index (χ1) is 11.9. The second-order valence-corrected chi connectivity index (χ2v) is 7.27. The van der Waals surface area contributed by atoms with E-state index in [1.807, 2.05) is 18.2 Å². The molecule has 0 atom stereocenters. The van der Waals surface area contributed by atoms with Crippen LogP contribution in [-0.4, -0.2) is 40.7 Å². The summed E-state index contributed by atoms with van der Waals surface area (Å²) in [4.78, 5) is 40.9. The third-order valence-electron chi connectivity index (χ3n) is 4.34. The van der Waals surface area contributed by atoms with Gasteiger partial charge in [-0.05, 0) is 30.5 Å². The number of likely N-dealkylation sites (tertiary alicyclic amines) is 1. The van der Waals surface area contributed by atoms with E-state index in [1.165, 1.54) is 18.3 Å². The van der Waals surface area contributed by atoms with Gasteiger partial charge in [0.15, 0.2) is 5.13 Å². The molecular weight excluding hydrogens is 340 g/mol. The van der Waals surface area contributed by atoms with Crippen LogP contribution < -0.4 is 11.1 Å². The van der Waals surface area contributed by atoms with Gasteiger partial charge >= 0.3 is 0 Å². The molecule has 1 saturated heterocycles. The van der Waals surface area contributed by atoms with Crippen LogP contribution in [0.2, 0.25) is 0 Å². The zero-order valence-corrected chi connectivity index (χ0v) is 14.8. The highest BCUT2D eigenvalue weighted by Crippen LogP contribution is 2.27. The molecule has 132 valence electrons. The number of fused-ring (bicyclic) bond motifs is 1. The molecule has 0 aliphatic carbocycles. The Bertz CT molecular complexity index is 824. The van der Waals surface area contributed by atoms with Gasteiger partial charge in [0.05, 0.1) is 16.6 Å². The Morgan fingerprint density at radius 1 is 1.32 bits per heavy atom. The summed E-state index contributed by atoms with van der Waals surface area (Å²) in [6, 6.07) is 5.68. The predicted molar refractivity (Wildman–Crippen MR) is 96.1 cm³/mol. The normalized spacial score (nSPS) is 15.3. The third-order valence-corrected chi connectivity index (χ3v) is 5.27. The van der Waals surface area contributed by atoms with Crippen LogP contribution in [0.25, 0.3) is 10.2 Å². The number of piperidine rings is 1. The Kier molecular flexibility index (Phi) is 4.98. The summed E-state index contributed by atoms with van der Waals surface area (Å²) >= 11 is 1.39. The van der Waals surface area contributed by atoms with E-state index in [1.54, 1.807) is 4.90 Å². The fourth-order valence-corrected chi connectivity index (χ4v) is 3.96. The Morgan fingerprint density at radius 3 is 2.68 bits per heavy atom. The van der Waals surface area contributed by atoms with Gasteiger partial charge in [0.1, 0.15) is 0 Å². The summed E-state index contributed by atoms with van der Waals surface area (Å²) in [5.41, 5.74) is 7.03. The van der Waals surface area contributed by atoms with Crippen LogP contribution in [0.3, 0.4) is 0 Å². The molecule has 0 unspecified atom stereocenters. The van der Waals surface area contributed by atoms with Crippen molar-refractivity contribution in [3.05, 3.63) is 23.8 Å². The number of thiazole rings is 1. The molecule has 1 aliphatic rings. The molecule has 0 bridgehead atoms. The van der Waals surface area contributed by atoms with E-state index in [4.69, 9.17) is 5.73 Å². The molecule has 1 aliphatic heterocycles. The van der Waals surface area contributed by atoms with Crippen LogP contribution in [0.4, 0.5) is 5.13 Å². The first-order valence-electron chi connectivity index (χ1n) is 8.16. The number of benzene rings is 1. The minimum Gasteiger partial charge on any atom is -0.369 e. The van der Waals surface area contributed by atoms with Gasteiger partial charge in [0, 0.05) is 25.9 Å². The molecule has 0 radical (unpaired) electrons. The van der Waals surface area contributed by atoms with Crippen LogP contribution in [-0.2, 0) is 20.8 Å². The van der Waals surface area contributed by atoms with Crippen molar-refractivity contribution in [2.45, 2.75) is 26.2 Å². The molecule has 7 nitrogen and oxygen atoms in total. The van der Waals surface area contributed by atoms with Gasteiger partial charge in [-0.15, -0.1) is 0 Å². The van der Waals surface area contributed by atoms with Crippen LogP contribution in [0.15, 0.2) is 18.2 Å². The fourth-order valence-electron chi connectivity index (χ4n) is 2.98. The number of hydrogen-bond acceptors (Lipinski definition) is 5. The van der Waals surface area contributed by atoms with Crippen LogP contribution >= 0.6 is 11.3 Å². The van der Waals surface area contributed by atoms with E-state index >= 15 is 0 Å². The lowest BCUT2D eigenvalue weighted by Crippen LogP contribution is -2.42. The van der Waals surface area contributed by atoms with E-state index in [-0.39, 0.29) is 23.6 Å². The van der Waals surface area contributed by atoms with E-state index in [0.29, 0.717) is 37.5 Å². The second kappa shape index (κ2) is 7.18. The number of primary amides is 1. The topological polar surface area (TPSA) is 105 Å². The molecule has 3 rings (SSSR count). The maximum atomic E-state index is 12.5. The van der Waals surface area contributed by atoms with Crippen molar-refractivity contribution >= 4 is 44.4 Å². The van der Waals surface area contributed by atoms with E-state index in [9.17, 15) is 14.4 Å². The van der Waals surface area contributed by atoms with E-state index < -0.39 is 0 Å². The molecular formula is C17H20N4O3S. The number of anilines is 1. The zero-order valence-electron chi connectivity index (χ0n) is 13.9.